The number of aliphatic hydroxyl groups excluding tert-OH is 1. The average molecular weight is 234 g/mol. The zero-order valence-corrected chi connectivity index (χ0v) is 10.0. The van der Waals surface area contributed by atoms with E-state index in [0.29, 0.717) is 5.57 Å². The molecule has 1 N–H and O–H groups in total. The maximum atomic E-state index is 9.42. The Balaban J connectivity index is 2.64. The van der Waals surface area contributed by atoms with Gasteiger partial charge in [0, 0.05) is 11.1 Å². The normalized spacial score (nSPS) is 9.56. The molecule has 18 heavy (non-hydrogen) atoms. The van der Waals surface area contributed by atoms with Crippen LogP contribution in [0.4, 0.5) is 0 Å². The molecular formula is C17H14O. The van der Waals surface area contributed by atoms with Gasteiger partial charge in [-0.2, -0.15) is 0 Å². The average Bonchev–Trinajstić information content (AvgIpc) is 2.46. The Labute approximate surface area is 107 Å². The largest absolute Gasteiger partial charge is 0.391 e. The third kappa shape index (κ3) is 2.51. The zero-order chi connectivity index (χ0) is 12.8. The summed E-state index contributed by atoms with van der Waals surface area (Å²) in [5.74, 6) is 2.58. The van der Waals surface area contributed by atoms with Crippen molar-refractivity contribution < 1.29 is 5.11 Å². The van der Waals surface area contributed by atoms with Gasteiger partial charge in [0.05, 0.1) is 6.61 Å². The van der Waals surface area contributed by atoms with E-state index in [4.69, 9.17) is 6.42 Å². The maximum absolute atomic E-state index is 9.42. The summed E-state index contributed by atoms with van der Waals surface area (Å²) < 4.78 is 0. The number of hydrogen-bond acceptors (Lipinski definition) is 1. The molecule has 0 atom stereocenters. The van der Waals surface area contributed by atoms with Gasteiger partial charge in [0.15, 0.2) is 0 Å². The van der Waals surface area contributed by atoms with Crippen molar-refractivity contribution in [3.63, 3.8) is 0 Å². The van der Waals surface area contributed by atoms with Gasteiger partial charge in [-0.15, -0.1) is 6.42 Å². The standard InChI is InChI=1S/C17H14O/c1-2-14(13-18)17(15-9-5-3-6-10-15)16-11-7-4-8-12-16/h1,3-12,18H,13H2. The number of hydrogen-bond donors (Lipinski definition) is 1. The van der Waals surface area contributed by atoms with Crippen molar-refractivity contribution in [2.45, 2.75) is 0 Å². The molecule has 0 saturated carbocycles. The van der Waals surface area contributed by atoms with Gasteiger partial charge in [-0.1, -0.05) is 66.6 Å². The van der Waals surface area contributed by atoms with Crippen molar-refractivity contribution in [2.75, 3.05) is 6.61 Å². The second-order valence-electron chi connectivity index (χ2n) is 3.89. The fourth-order valence-corrected chi connectivity index (χ4v) is 1.92. The lowest BCUT2D eigenvalue weighted by molar-refractivity contribution is 0.336. The summed E-state index contributed by atoms with van der Waals surface area (Å²) in [7, 11) is 0. The van der Waals surface area contributed by atoms with Crippen LogP contribution in [-0.2, 0) is 0 Å². The molecule has 0 aromatic heterocycles. The molecule has 1 nitrogen and oxygen atoms in total. The van der Waals surface area contributed by atoms with E-state index in [1.807, 2.05) is 60.7 Å². The van der Waals surface area contributed by atoms with Crippen LogP contribution >= 0.6 is 0 Å². The fraction of sp³-hybridized carbons (Fsp3) is 0.0588. The van der Waals surface area contributed by atoms with E-state index in [-0.39, 0.29) is 6.61 Å². The summed E-state index contributed by atoms with van der Waals surface area (Å²) >= 11 is 0. The Morgan fingerprint density at radius 3 is 1.67 bits per heavy atom. The Kier molecular flexibility index (Phi) is 3.96. The lowest BCUT2D eigenvalue weighted by Crippen LogP contribution is -1.97. The van der Waals surface area contributed by atoms with Gasteiger partial charge < -0.3 is 5.11 Å². The second-order valence-corrected chi connectivity index (χ2v) is 3.89. The van der Waals surface area contributed by atoms with E-state index >= 15 is 0 Å². The van der Waals surface area contributed by atoms with Crippen molar-refractivity contribution >= 4 is 5.57 Å². The van der Waals surface area contributed by atoms with Crippen LogP contribution in [0.15, 0.2) is 66.2 Å². The topological polar surface area (TPSA) is 20.2 Å². The van der Waals surface area contributed by atoms with Crippen LogP contribution in [0, 0.1) is 12.3 Å². The Bertz CT molecular complexity index is 533. The number of rotatable bonds is 3. The van der Waals surface area contributed by atoms with Crippen molar-refractivity contribution in [1.82, 2.24) is 0 Å². The van der Waals surface area contributed by atoms with Gasteiger partial charge in [0.1, 0.15) is 0 Å². The molecule has 2 aromatic carbocycles. The van der Waals surface area contributed by atoms with Crippen LogP contribution in [0.1, 0.15) is 11.1 Å². The molecule has 0 aliphatic rings. The molecule has 0 radical (unpaired) electrons. The molecule has 0 aliphatic carbocycles. The minimum absolute atomic E-state index is 0.129. The van der Waals surface area contributed by atoms with Gasteiger partial charge in [0.2, 0.25) is 0 Å². The van der Waals surface area contributed by atoms with Crippen LogP contribution in [-0.4, -0.2) is 11.7 Å². The van der Waals surface area contributed by atoms with Crippen LogP contribution < -0.4 is 0 Å². The first kappa shape index (κ1) is 12.2. The van der Waals surface area contributed by atoms with Gasteiger partial charge >= 0.3 is 0 Å². The van der Waals surface area contributed by atoms with Crippen molar-refractivity contribution in [2.24, 2.45) is 0 Å². The number of terminal acetylenes is 1. The van der Waals surface area contributed by atoms with Crippen LogP contribution in [0.5, 0.6) is 0 Å². The first-order valence-electron chi connectivity index (χ1n) is 5.78. The summed E-state index contributed by atoms with van der Waals surface area (Å²) in [6.07, 6.45) is 5.49. The zero-order valence-electron chi connectivity index (χ0n) is 10.0. The van der Waals surface area contributed by atoms with Crippen molar-refractivity contribution in [3.8, 4) is 12.3 Å². The van der Waals surface area contributed by atoms with Gasteiger partial charge in [0.25, 0.3) is 0 Å². The molecule has 2 aromatic rings. The highest BCUT2D eigenvalue weighted by molar-refractivity contribution is 5.84. The van der Waals surface area contributed by atoms with E-state index in [2.05, 4.69) is 5.92 Å². The summed E-state index contributed by atoms with van der Waals surface area (Å²) in [5, 5.41) is 9.42. The quantitative estimate of drug-likeness (QED) is 0.809. The first-order valence-corrected chi connectivity index (χ1v) is 5.78. The number of aliphatic hydroxyl groups is 1. The van der Waals surface area contributed by atoms with Crippen LogP contribution in [0.2, 0.25) is 0 Å². The van der Waals surface area contributed by atoms with E-state index in [1.165, 1.54) is 0 Å². The summed E-state index contributed by atoms with van der Waals surface area (Å²) in [4.78, 5) is 0. The molecule has 0 unspecified atom stereocenters. The Morgan fingerprint density at radius 2 is 1.33 bits per heavy atom. The SMILES string of the molecule is C#CC(CO)=C(c1ccccc1)c1ccccc1. The Hall–Kier alpha value is -2.30. The lowest BCUT2D eigenvalue weighted by Gasteiger charge is -2.11. The predicted octanol–water partition coefficient (Wildman–Crippen LogP) is 3.11. The molecule has 0 aliphatic heterocycles. The van der Waals surface area contributed by atoms with Gasteiger partial charge in [-0.05, 0) is 11.1 Å². The molecule has 0 saturated heterocycles. The molecule has 2 rings (SSSR count). The Morgan fingerprint density at radius 1 is 0.889 bits per heavy atom. The van der Waals surface area contributed by atoms with E-state index in [9.17, 15) is 5.11 Å². The van der Waals surface area contributed by atoms with E-state index in [0.717, 1.165) is 16.7 Å². The summed E-state index contributed by atoms with van der Waals surface area (Å²) in [6.45, 7) is -0.129. The highest BCUT2D eigenvalue weighted by Crippen LogP contribution is 2.26. The maximum Gasteiger partial charge on any atom is 0.0766 e. The van der Waals surface area contributed by atoms with E-state index < -0.39 is 0 Å². The van der Waals surface area contributed by atoms with Gasteiger partial charge in [-0.25, -0.2) is 0 Å². The molecule has 0 heterocycles. The smallest absolute Gasteiger partial charge is 0.0766 e. The molecule has 0 fully saturated rings. The van der Waals surface area contributed by atoms with Crippen molar-refractivity contribution in [1.29, 1.82) is 0 Å². The van der Waals surface area contributed by atoms with Crippen LogP contribution in [0.25, 0.3) is 5.57 Å². The summed E-state index contributed by atoms with van der Waals surface area (Å²) in [6, 6.07) is 19.7. The molecule has 88 valence electrons. The molecule has 0 bridgehead atoms. The minimum Gasteiger partial charge on any atom is -0.391 e. The highest BCUT2D eigenvalue weighted by atomic mass is 16.3. The molecular weight excluding hydrogens is 220 g/mol. The highest BCUT2D eigenvalue weighted by Gasteiger charge is 2.09. The fourth-order valence-electron chi connectivity index (χ4n) is 1.92. The van der Waals surface area contributed by atoms with E-state index in [1.54, 1.807) is 0 Å². The third-order valence-electron chi connectivity index (χ3n) is 2.76. The summed E-state index contributed by atoms with van der Waals surface area (Å²) in [5.41, 5.74) is 3.56. The van der Waals surface area contributed by atoms with Crippen LogP contribution in [0.3, 0.4) is 0 Å². The molecule has 0 spiro atoms. The monoisotopic (exact) mass is 234 g/mol. The number of benzene rings is 2. The van der Waals surface area contributed by atoms with Crippen molar-refractivity contribution in [3.05, 3.63) is 77.4 Å². The van der Waals surface area contributed by atoms with Gasteiger partial charge in [-0.3, -0.25) is 0 Å². The first-order chi connectivity index (χ1) is 8.86. The second kappa shape index (κ2) is 5.86. The predicted molar refractivity (Wildman–Crippen MR) is 74.8 cm³/mol. The molecule has 1 heteroatoms. The minimum atomic E-state index is -0.129. The third-order valence-corrected chi connectivity index (χ3v) is 2.76. The lowest BCUT2D eigenvalue weighted by atomic mass is 9.93. The molecule has 0 amide bonds.